The molecule has 3 rings (SSSR count). The van der Waals surface area contributed by atoms with Crippen LogP contribution in [0.4, 0.5) is 5.69 Å². The molecule has 3 nitrogen and oxygen atoms in total. The molecule has 24 heavy (non-hydrogen) atoms. The van der Waals surface area contributed by atoms with Crippen LogP contribution in [0, 0.1) is 0 Å². The Hall–Kier alpha value is -2.00. The van der Waals surface area contributed by atoms with Gasteiger partial charge < -0.3 is 10.6 Å². The highest BCUT2D eigenvalue weighted by Crippen LogP contribution is 2.31. The number of amides is 1. The average Bonchev–Trinajstić information content (AvgIpc) is 2.84. The minimum absolute atomic E-state index is 0.144. The van der Waals surface area contributed by atoms with Crippen molar-refractivity contribution in [1.82, 2.24) is 4.90 Å². The number of nitrogen functional groups attached to an aromatic ring is 1. The molecule has 2 N–H and O–H groups in total. The first-order valence-electron chi connectivity index (χ1n) is 8.53. The van der Waals surface area contributed by atoms with Gasteiger partial charge in [0.25, 0.3) is 0 Å². The van der Waals surface area contributed by atoms with E-state index in [1.54, 1.807) is 0 Å². The van der Waals surface area contributed by atoms with E-state index in [0.717, 1.165) is 42.1 Å². The molecule has 1 saturated heterocycles. The maximum absolute atomic E-state index is 12.9. The molecular weight excluding hydrogens is 320 g/mol. The summed E-state index contributed by atoms with van der Waals surface area (Å²) in [4.78, 5) is 15.0. The van der Waals surface area contributed by atoms with Crippen LogP contribution in [0.1, 0.15) is 42.9 Å². The SMILES string of the molecule is Nc1ccc(CC(=O)N2CCCCCC2c2ccc(Cl)cc2)cc1. The fourth-order valence-corrected chi connectivity index (χ4v) is 3.48. The third-order valence-electron chi connectivity index (χ3n) is 4.66. The van der Waals surface area contributed by atoms with Crippen molar-refractivity contribution in [2.24, 2.45) is 0 Å². The van der Waals surface area contributed by atoms with Crippen LogP contribution in [0.25, 0.3) is 0 Å². The molecule has 0 saturated carbocycles. The number of hydrogen-bond donors (Lipinski definition) is 1. The lowest BCUT2D eigenvalue weighted by atomic mass is 10.00. The molecule has 2 aromatic carbocycles. The smallest absolute Gasteiger partial charge is 0.227 e. The van der Waals surface area contributed by atoms with Crippen molar-refractivity contribution < 1.29 is 4.79 Å². The summed E-state index contributed by atoms with van der Waals surface area (Å²) in [5.41, 5.74) is 8.63. The summed E-state index contributed by atoms with van der Waals surface area (Å²) in [7, 11) is 0. The number of carbonyl (C=O) groups is 1. The van der Waals surface area contributed by atoms with E-state index < -0.39 is 0 Å². The van der Waals surface area contributed by atoms with Crippen molar-refractivity contribution in [3.05, 3.63) is 64.7 Å². The Kier molecular flexibility index (Phi) is 5.41. The highest BCUT2D eigenvalue weighted by molar-refractivity contribution is 6.30. The topological polar surface area (TPSA) is 46.3 Å². The Morgan fingerprint density at radius 3 is 2.46 bits per heavy atom. The van der Waals surface area contributed by atoms with E-state index in [1.807, 2.05) is 53.4 Å². The van der Waals surface area contributed by atoms with Gasteiger partial charge in [-0.05, 0) is 48.2 Å². The third-order valence-corrected chi connectivity index (χ3v) is 4.91. The van der Waals surface area contributed by atoms with E-state index in [2.05, 4.69) is 0 Å². The molecule has 4 heteroatoms. The van der Waals surface area contributed by atoms with Gasteiger partial charge in [0.2, 0.25) is 5.91 Å². The molecule has 1 aliphatic heterocycles. The van der Waals surface area contributed by atoms with E-state index in [-0.39, 0.29) is 11.9 Å². The van der Waals surface area contributed by atoms with Crippen molar-refractivity contribution in [3.63, 3.8) is 0 Å². The Morgan fingerprint density at radius 2 is 1.75 bits per heavy atom. The fourth-order valence-electron chi connectivity index (χ4n) is 3.35. The van der Waals surface area contributed by atoms with Crippen LogP contribution >= 0.6 is 11.6 Å². The zero-order valence-corrected chi connectivity index (χ0v) is 14.5. The van der Waals surface area contributed by atoms with Gasteiger partial charge in [0.1, 0.15) is 0 Å². The molecule has 1 fully saturated rings. The number of likely N-dealkylation sites (tertiary alicyclic amines) is 1. The zero-order valence-electron chi connectivity index (χ0n) is 13.7. The van der Waals surface area contributed by atoms with Crippen molar-refractivity contribution in [1.29, 1.82) is 0 Å². The maximum Gasteiger partial charge on any atom is 0.227 e. The van der Waals surface area contributed by atoms with Crippen LogP contribution < -0.4 is 5.73 Å². The Balaban J connectivity index is 1.79. The molecule has 2 aromatic rings. The van der Waals surface area contributed by atoms with Crippen molar-refractivity contribution in [3.8, 4) is 0 Å². The molecule has 1 aliphatic rings. The van der Waals surface area contributed by atoms with Gasteiger partial charge >= 0.3 is 0 Å². The number of hydrogen-bond acceptors (Lipinski definition) is 2. The molecule has 0 spiro atoms. The molecule has 1 atom stereocenters. The minimum Gasteiger partial charge on any atom is -0.399 e. The van der Waals surface area contributed by atoms with E-state index >= 15 is 0 Å². The first-order chi connectivity index (χ1) is 11.6. The van der Waals surface area contributed by atoms with Crippen molar-refractivity contribution in [2.75, 3.05) is 12.3 Å². The average molecular weight is 343 g/mol. The second-order valence-corrected chi connectivity index (χ2v) is 6.86. The number of halogens is 1. The summed E-state index contributed by atoms with van der Waals surface area (Å²) < 4.78 is 0. The second-order valence-electron chi connectivity index (χ2n) is 6.42. The van der Waals surface area contributed by atoms with E-state index in [1.165, 1.54) is 12.0 Å². The first-order valence-corrected chi connectivity index (χ1v) is 8.90. The lowest BCUT2D eigenvalue weighted by Crippen LogP contribution is -2.35. The molecule has 1 heterocycles. The summed E-state index contributed by atoms with van der Waals surface area (Å²) >= 11 is 6.01. The second kappa shape index (κ2) is 7.71. The van der Waals surface area contributed by atoms with Crippen LogP contribution in [0.2, 0.25) is 5.02 Å². The number of carbonyl (C=O) groups excluding carboxylic acids is 1. The zero-order chi connectivity index (χ0) is 16.9. The summed E-state index contributed by atoms with van der Waals surface area (Å²) in [5.74, 6) is 0.182. The molecular formula is C20H23ClN2O. The van der Waals surface area contributed by atoms with E-state index in [9.17, 15) is 4.79 Å². The summed E-state index contributed by atoms with van der Waals surface area (Å²) in [5, 5.41) is 0.729. The van der Waals surface area contributed by atoms with Crippen molar-refractivity contribution >= 4 is 23.2 Å². The number of nitrogens with two attached hydrogens (primary N) is 1. The van der Waals surface area contributed by atoms with E-state index in [4.69, 9.17) is 17.3 Å². The van der Waals surface area contributed by atoms with Crippen LogP contribution in [0.3, 0.4) is 0 Å². The summed E-state index contributed by atoms with van der Waals surface area (Å²) in [6.07, 6.45) is 4.83. The third kappa shape index (κ3) is 4.09. The molecule has 0 aromatic heterocycles. The van der Waals surface area contributed by atoms with Gasteiger partial charge in [-0.15, -0.1) is 0 Å². The quantitative estimate of drug-likeness (QED) is 0.828. The molecule has 1 unspecified atom stereocenters. The molecule has 126 valence electrons. The molecule has 0 aliphatic carbocycles. The van der Waals surface area contributed by atoms with Gasteiger partial charge in [-0.2, -0.15) is 0 Å². The van der Waals surface area contributed by atoms with Gasteiger partial charge in [0.05, 0.1) is 12.5 Å². The van der Waals surface area contributed by atoms with Crippen LogP contribution in [-0.2, 0) is 11.2 Å². The lowest BCUT2D eigenvalue weighted by molar-refractivity contribution is -0.132. The predicted molar refractivity (Wildman–Crippen MR) is 98.9 cm³/mol. The molecule has 1 amide bonds. The van der Waals surface area contributed by atoms with Crippen LogP contribution in [0.15, 0.2) is 48.5 Å². The van der Waals surface area contributed by atoms with E-state index in [0.29, 0.717) is 6.42 Å². The standard InChI is InChI=1S/C20H23ClN2O/c21-17-9-7-16(8-10-17)19-4-2-1-3-13-23(19)20(24)14-15-5-11-18(22)12-6-15/h5-12,19H,1-4,13-14,22H2. The van der Waals surface area contributed by atoms with Crippen LogP contribution in [-0.4, -0.2) is 17.4 Å². The highest BCUT2D eigenvalue weighted by Gasteiger charge is 2.26. The molecule has 0 bridgehead atoms. The lowest BCUT2D eigenvalue weighted by Gasteiger charge is -2.31. The maximum atomic E-state index is 12.9. The Bertz CT molecular complexity index is 682. The Labute approximate surface area is 148 Å². The summed E-state index contributed by atoms with van der Waals surface area (Å²) in [6, 6.07) is 15.6. The normalized spacial score (nSPS) is 18.2. The highest BCUT2D eigenvalue weighted by atomic mass is 35.5. The number of anilines is 1. The Morgan fingerprint density at radius 1 is 1.04 bits per heavy atom. The van der Waals surface area contributed by atoms with Gasteiger partial charge in [0.15, 0.2) is 0 Å². The summed E-state index contributed by atoms with van der Waals surface area (Å²) in [6.45, 7) is 0.821. The van der Waals surface area contributed by atoms with Gasteiger partial charge in [-0.25, -0.2) is 0 Å². The largest absolute Gasteiger partial charge is 0.399 e. The number of nitrogens with zero attached hydrogens (tertiary/aromatic N) is 1. The van der Waals surface area contributed by atoms with Crippen LogP contribution in [0.5, 0.6) is 0 Å². The van der Waals surface area contributed by atoms with Gasteiger partial charge in [0, 0.05) is 17.3 Å². The number of rotatable bonds is 3. The first kappa shape index (κ1) is 16.8. The predicted octanol–water partition coefficient (Wildman–Crippen LogP) is 4.61. The van der Waals surface area contributed by atoms with Gasteiger partial charge in [-0.1, -0.05) is 48.7 Å². The molecule has 0 radical (unpaired) electrons. The fraction of sp³-hybridized carbons (Fsp3) is 0.350. The minimum atomic E-state index is 0.144. The number of benzene rings is 2. The van der Waals surface area contributed by atoms with Gasteiger partial charge in [-0.3, -0.25) is 4.79 Å². The van der Waals surface area contributed by atoms with Crippen molar-refractivity contribution in [2.45, 2.75) is 38.1 Å². The monoisotopic (exact) mass is 342 g/mol.